The standard InChI is InChI=1S/C21H21F3N6O4.C2HF3O2/c1-25-17-14-12(21(22,23)24)10-26-18(14)29-20(28-17)27-13-3-2-11(15-16(13)34-9-8-33-15)19(31)30-4-6-32-7-5-30;3-2(4,5)1(6)7/h2-3,10H,4-9H2,1H3,(H3,25,26,27,28,29);(H,6,7). The molecule has 5 rings (SSSR count). The quantitative estimate of drug-likeness (QED) is 0.331. The molecule has 0 saturated carbocycles. The molecule has 2 aromatic heterocycles. The normalized spacial score (nSPS) is 15.1. The number of hydrogen-bond donors (Lipinski definition) is 4. The number of carboxylic acids is 1. The molecule has 0 spiro atoms. The van der Waals surface area contributed by atoms with Crippen LogP contribution in [0.2, 0.25) is 0 Å². The highest BCUT2D eigenvalue weighted by Gasteiger charge is 2.38. The number of fused-ring (bicyclic) bond motifs is 2. The molecule has 4 N–H and O–H groups in total. The number of nitrogens with one attached hydrogen (secondary N) is 3. The SMILES string of the molecule is CNc1nc(Nc2ccc(C(=O)N3CCOCC3)c3c2OCCO3)nc2[nH]cc(C(F)(F)F)c12.O=C(O)C(F)(F)F. The fraction of sp³-hybridized carbons (Fsp3) is 0.391. The van der Waals surface area contributed by atoms with E-state index in [4.69, 9.17) is 24.1 Å². The summed E-state index contributed by atoms with van der Waals surface area (Å²) in [7, 11) is 1.48. The predicted molar refractivity (Wildman–Crippen MR) is 130 cm³/mol. The van der Waals surface area contributed by atoms with Crippen LogP contribution in [0.15, 0.2) is 18.3 Å². The summed E-state index contributed by atoms with van der Waals surface area (Å²) in [5.41, 5.74) is -0.0799. The summed E-state index contributed by atoms with van der Waals surface area (Å²) in [6.07, 6.45) is -8.79. The zero-order valence-electron chi connectivity index (χ0n) is 21.1. The summed E-state index contributed by atoms with van der Waals surface area (Å²) in [6, 6.07) is 3.24. The zero-order valence-corrected chi connectivity index (χ0v) is 21.1. The fourth-order valence-electron chi connectivity index (χ4n) is 3.95. The number of aromatic nitrogens is 3. The van der Waals surface area contributed by atoms with Crippen molar-refractivity contribution in [1.82, 2.24) is 19.9 Å². The number of nitrogens with zero attached hydrogens (tertiary/aromatic N) is 3. The van der Waals surface area contributed by atoms with Gasteiger partial charge in [-0.3, -0.25) is 4.79 Å². The lowest BCUT2D eigenvalue weighted by molar-refractivity contribution is -0.192. The van der Waals surface area contributed by atoms with E-state index in [9.17, 15) is 31.1 Å². The third-order valence-corrected chi connectivity index (χ3v) is 5.78. The largest absolute Gasteiger partial charge is 0.490 e. The predicted octanol–water partition coefficient (Wildman–Crippen LogP) is 3.64. The highest BCUT2D eigenvalue weighted by atomic mass is 19.4. The molecule has 4 heterocycles. The molecule has 0 radical (unpaired) electrons. The Morgan fingerprint density at radius 3 is 2.22 bits per heavy atom. The first-order chi connectivity index (χ1) is 19.3. The Hall–Kier alpha value is -4.48. The van der Waals surface area contributed by atoms with E-state index < -0.39 is 23.9 Å². The van der Waals surface area contributed by atoms with Crippen molar-refractivity contribution in [2.24, 2.45) is 0 Å². The minimum Gasteiger partial charge on any atom is -0.485 e. The molecule has 0 aliphatic carbocycles. The smallest absolute Gasteiger partial charge is 0.485 e. The number of aromatic amines is 1. The highest BCUT2D eigenvalue weighted by molar-refractivity contribution is 5.99. The van der Waals surface area contributed by atoms with Crippen LogP contribution in [0.3, 0.4) is 0 Å². The maximum atomic E-state index is 13.4. The topological polar surface area (TPSA) is 151 Å². The molecule has 0 unspecified atom stereocenters. The molecule has 0 bridgehead atoms. The number of morpholine rings is 1. The van der Waals surface area contributed by atoms with Crippen molar-refractivity contribution in [2.45, 2.75) is 12.4 Å². The Kier molecular flexibility index (Phi) is 8.32. The second kappa shape index (κ2) is 11.6. The molecule has 2 aliphatic heterocycles. The monoisotopic (exact) mass is 592 g/mol. The summed E-state index contributed by atoms with van der Waals surface area (Å²) in [6.45, 7) is 2.43. The van der Waals surface area contributed by atoms with Crippen LogP contribution in [0.1, 0.15) is 15.9 Å². The molecule has 0 atom stereocenters. The minimum atomic E-state index is -5.08. The van der Waals surface area contributed by atoms with Crippen molar-refractivity contribution in [2.75, 3.05) is 57.2 Å². The number of H-pyrrole nitrogens is 1. The van der Waals surface area contributed by atoms with Gasteiger partial charge < -0.3 is 39.8 Å². The van der Waals surface area contributed by atoms with E-state index in [0.29, 0.717) is 49.1 Å². The van der Waals surface area contributed by atoms with E-state index >= 15 is 0 Å². The van der Waals surface area contributed by atoms with E-state index in [1.807, 2.05) is 0 Å². The average Bonchev–Trinajstić information content (AvgIpc) is 3.38. The number of hydrogen-bond acceptors (Lipinski definition) is 9. The zero-order chi connectivity index (χ0) is 29.9. The number of rotatable bonds is 4. The molecule has 222 valence electrons. The minimum absolute atomic E-state index is 0.00577. The Morgan fingerprint density at radius 1 is 1.00 bits per heavy atom. The third kappa shape index (κ3) is 6.47. The van der Waals surface area contributed by atoms with Crippen LogP contribution in [0.4, 0.5) is 43.8 Å². The lowest BCUT2D eigenvalue weighted by Gasteiger charge is -2.29. The maximum Gasteiger partial charge on any atom is 0.490 e. The van der Waals surface area contributed by atoms with Gasteiger partial charge >= 0.3 is 18.3 Å². The van der Waals surface area contributed by atoms with E-state index in [-0.39, 0.29) is 41.9 Å². The number of aliphatic carboxylic acids is 1. The van der Waals surface area contributed by atoms with E-state index in [1.165, 1.54) is 7.05 Å². The van der Waals surface area contributed by atoms with E-state index in [2.05, 4.69) is 25.6 Å². The van der Waals surface area contributed by atoms with Gasteiger partial charge in [0.15, 0.2) is 11.5 Å². The number of halogens is 6. The Labute approximate surface area is 226 Å². The second-order valence-electron chi connectivity index (χ2n) is 8.42. The first kappa shape index (κ1) is 29.5. The molecule has 2 aliphatic rings. The van der Waals surface area contributed by atoms with Gasteiger partial charge in [-0.15, -0.1) is 0 Å². The number of ether oxygens (including phenoxy) is 3. The van der Waals surface area contributed by atoms with Gasteiger partial charge in [-0.25, -0.2) is 4.79 Å². The van der Waals surface area contributed by atoms with Gasteiger partial charge in [0, 0.05) is 26.3 Å². The fourth-order valence-corrected chi connectivity index (χ4v) is 3.95. The average molecular weight is 592 g/mol. The van der Waals surface area contributed by atoms with E-state index in [1.54, 1.807) is 17.0 Å². The van der Waals surface area contributed by atoms with Gasteiger partial charge in [0.2, 0.25) is 5.95 Å². The van der Waals surface area contributed by atoms with Crippen molar-refractivity contribution in [3.8, 4) is 11.5 Å². The summed E-state index contributed by atoms with van der Waals surface area (Å²) in [5, 5.41) is 12.6. The van der Waals surface area contributed by atoms with Gasteiger partial charge in [0.25, 0.3) is 5.91 Å². The first-order valence-corrected chi connectivity index (χ1v) is 11.8. The second-order valence-corrected chi connectivity index (χ2v) is 8.42. The van der Waals surface area contributed by atoms with Crippen LogP contribution < -0.4 is 20.1 Å². The number of alkyl halides is 6. The van der Waals surface area contributed by atoms with Gasteiger partial charge in [-0.05, 0) is 12.1 Å². The molecule has 41 heavy (non-hydrogen) atoms. The molecular formula is C23H22F6N6O6. The van der Waals surface area contributed by atoms with Crippen molar-refractivity contribution >= 4 is 40.4 Å². The van der Waals surface area contributed by atoms with Crippen molar-refractivity contribution in [3.05, 3.63) is 29.5 Å². The van der Waals surface area contributed by atoms with Crippen LogP contribution in [-0.2, 0) is 15.7 Å². The van der Waals surface area contributed by atoms with Crippen molar-refractivity contribution in [1.29, 1.82) is 0 Å². The van der Waals surface area contributed by atoms with Gasteiger partial charge in [-0.2, -0.15) is 36.3 Å². The lowest BCUT2D eigenvalue weighted by atomic mass is 10.1. The Bertz CT molecular complexity index is 1440. The molecule has 1 fully saturated rings. The van der Waals surface area contributed by atoms with Crippen molar-refractivity contribution < 1.29 is 55.2 Å². The van der Waals surface area contributed by atoms with Crippen LogP contribution in [0.5, 0.6) is 11.5 Å². The Morgan fingerprint density at radius 2 is 1.63 bits per heavy atom. The number of carbonyl (C=O) groups is 2. The third-order valence-electron chi connectivity index (χ3n) is 5.78. The Balaban J connectivity index is 0.000000493. The summed E-state index contributed by atoms with van der Waals surface area (Å²) >= 11 is 0. The molecule has 18 heteroatoms. The molecule has 1 saturated heterocycles. The highest BCUT2D eigenvalue weighted by Crippen LogP contribution is 2.43. The first-order valence-electron chi connectivity index (χ1n) is 11.8. The lowest BCUT2D eigenvalue weighted by Crippen LogP contribution is -2.41. The van der Waals surface area contributed by atoms with Gasteiger partial charge in [0.05, 0.1) is 35.4 Å². The van der Waals surface area contributed by atoms with Crippen LogP contribution >= 0.6 is 0 Å². The molecule has 1 amide bonds. The molecule has 12 nitrogen and oxygen atoms in total. The molecule has 3 aromatic rings. The number of benzene rings is 1. The molecule has 1 aromatic carbocycles. The number of amides is 1. The summed E-state index contributed by atoms with van der Waals surface area (Å²) in [4.78, 5) is 34.6. The van der Waals surface area contributed by atoms with Crippen LogP contribution in [0, 0.1) is 0 Å². The van der Waals surface area contributed by atoms with Gasteiger partial charge in [-0.1, -0.05) is 0 Å². The van der Waals surface area contributed by atoms with E-state index in [0.717, 1.165) is 6.20 Å². The van der Waals surface area contributed by atoms with Crippen molar-refractivity contribution in [3.63, 3.8) is 0 Å². The van der Waals surface area contributed by atoms with Crippen LogP contribution in [0.25, 0.3) is 11.0 Å². The number of carboxylic acid groups (broad SMARTS) is 1. The number of carbonyl (C=O) groups excluding carboxylic acids is 1. The van der Waals surface area contributed by atoms with Gasteiger partial charge in [0.1, 0.15) is 24.7 Å². The molecular weight excluding hydrogens is 570 g/mol. The summed E-state index contributed by atoms with van der Waals surface area (Å²) < 4.78 is 88.7. The number of anilines is 3. The maximum absolute atomic E-state index is 13.4. The summed E-state index contributed by atoms with van der Waals surface area (Å²) in [5.74, 6) is -2.31. The van der Waals surface area contributed by atoms with Crippen LogP contribution in [-0.4, -0.2) is 89.6 Å².